The van der Waals surface area contributed by atoms with Crippen molar-refractivity contribution in [2.24, 2.45) is 0 Å². The van der Waals surface area contributed by atoms with Crippen LogP contribution in [-0.2, 0) is 0 Å². The topological polar surface area (TPSA) is 0 Å². The maximum Gasteiger partial charge on any atom is 0.188 e. The van der Waals surface area contributed by atoms with Gasteiger partial charge in [0.05, 0.1) is 5.66 Å². The zero-order chi connectivity index (χ0) is 14.5. The Balaban J connectivity index is 2.32. The Labute approximate surface area is 126 Å². The number of benzene rings is 3. The van der Waals surface area contributed by atoms with Crippen molar-refractivity contribution < 1.29 is 0 Å². The molecule has 0 fully saturated rings. The van der Waals surface area contributed by atoms with Gasteiger partial charge in [-0.15, -0.1) is 0 Å². The summed E-state index contributed by atoms with van der Waals surface area (Å²) in [6, 6.07) is 31.4. The summed E-state index contributed by atoms with van der Waals surface area (Å²) in [5.74, 6) is 0. The van der Waals surface area contributed by atoms with E-state index in [4.69, 9.17) is 6.42 Å². The van der Waals surface area contributed by atoms with Crippen LogP contribution in [-0.4, -0.2) is 0 Å². The van der Waals surface area contributed by atoms with Crippen LogP contribution in [0.4, 0.5) is 0 Å². The normalized spacial score (nSPS) is 10.8. The van der Waals surface area contributed by atoms with Crippen LogP contribution in [0, 0.1) is 12.1 Å². The van der Waals surface area contributed by atoms with Gasteiger partial charge in [0.25, 0.3) is 0 Å². The van der Waals surface area contributed by atoms with Crippen LogP contribution in [0.5, 0.6) is 0 Å². The molecule has 0 aliphatic carbocycles. The summed E-state index contributed by atoms with van der Waals surface area (Å²) in [5, 5.41) is 3.68. The third-order valence-corrected chi connectivity index (χ3v) is 7.23. The van der Waals surface area contributed by atoms with Gasteiger partial charge in [0.2, 0.25) is 0 Å². The van der Waals surface area contributed by atoms with E-state index in [0.29, 0.717) is 0 Å². The minimum absolute atomic E-state index is 1.23. The molecule has 0 bridgehead atoms. The molecule has 0 saturated carbocycles. The quantitative estimate of drug-likeness (QED) is 0.510. The minimum Gasteiger partial charge on any atom is -0.0755 e. The second-order valence-electron chi connectivity index (χ2n) is 4.81. The van der Waals surface area contributed by atoms with E-state index in [-0.39, 0.29) is 0 Å². The Bertz CT molecular complexity index is 643. The van der Waals surface area contributed by atoms with Gasteiger partial charge in [0, 0.05) is 0 Å². The Morgan fingerprint density at radius 2 is 0.810 bits per heavy atom. The molecule has 0 nitrogen and oxygen atoms in total. The molecule has 0 unspecified atom stereocenters. The van der Waals surface area contributed by atoms with Crippen molar-refractivity contribution in [1.29, 1.82) is 0 Å². The Hall–Kier alpha value is -2.35. The van der Waals surface area contributed by atoms with E-state index in [1.165, 1.54) is 15.9 Å². The van der Waals surface area contributed by atoms with Crippen LogP contribution in [0.1, 0.15) is 0 Å². The molecular formula is C20H16P+. The zero-order valence-electron chi connectivity index (χ0n) is 11.7. The molecule has 0 aliphatic heterocycles. The number of terminal acetylenes is 1. The van der Waals surface area contributed by atoms with Crippen molar-refractivity contribution in [1.82, 2.24) is 0 Å². The molecule has 21 heavy (non-hydrogen) atoms. The monoisotopic (exact) mass is 287 g/mol. The molecule has 3 aromatic rings. The van der Waals surface area contributed by atoms with Gasteiger partial charge in [-0.1, -0.05) is 61.0 Å². The molecule has 3 rings (SSSR count). The average Bonchev–Trinajstić information content (AvgIpc) is 2.59. The lowest BCUT2D eigenvalue weighted by Crippen LogP contribution is -2.29. The summed E-state index contributed by atoms with van der Waals surface area (Å²) in [6.07, 6.45) is 6.10. The number of hydrogen-bond donors (Lipinski definition) is 0. The van der Waals surface area contributed by atoms with Gasteiger partial charge in [-0.25, -0.2) is 0 Å². The molecule has 0 amide bonds. The fourth-order valence-electron chi connectivity index (χ4n) is 2.63. The lowest BCUT2D eigenvalue weighted by Gasteiger charge is -2.20. The Morgan fingerprint density at radius 1 is 0.524 bits per heavy atom. The number of hydrogen-bond acceptors (Lipinski definition) is 0. The second kappa shape index (κ2) is 5.96. The van der Waals surface area contributed by atoms with Crippen molar-refractivity contribution in [2.75, 3.05) is 0 Å². The molecule has 100 valence electrons. The first-order valence-corrected chi connectivity index (χ1v) is 8.70. The summed E-state index contributed by atoms with van der Waals surface area (Å²) in [4.78, 5) is 0. The second-order valence-corrected chi connectivity index (χ2v) is 7.96. The fourth-order valence-corrected chi connectivity index (χ4v) is 5.83. The average molecular weight is 287 g/mol. The zero-order valence-corrected chi connectivity index (χ0v) is 12.6. The smallest absolute Gasteiger partial charge is 0.0755 e. The van der Waals surface area contributed by atoms with E-state index in [2.05, 4.69) is 78.5 Å². The summed E-state index contributed by atoms with van der Waals surface area (Å²) in [6.45, 7) is 0. The van der Waals surface area contributed by atoms with Crippen LogP contribution in [0.25, 0.3) is 0 Å². The molecule has 0 heterocycles. The third-order valence-electron chi connectivity index (χ3n) is 3.62. The van der Waals surface area contributed by atoms with E-state index in [0.717, 1.165) is 0 Å². The first-order valence-electron chi connectivity index (χ1n) is 6.92. The van der Waals surface area contributed by atoms with Crippen molar-refractivity contribution in [3.05, 3.63) is 91.0 Å². The molecular weight excluding hydrogens is 271 g/mol. The van der Waals surface area contributed by atoms with Crippen LogP contribution < -0.4 is 15.9 Å². The van der Waals surface area contributed by atoms with Crippen molar-refractivity contribution >= 4 is 23.2 Å². The highest BCUT2D eigenvalue weighted by molar-refractivity contribution is 7.99. The molecule has 0 radical (unpaired) electrons. The largest absolute Gasteiger partial charge is 0.188 e. The fraction of sp³-hybridized carbons (Fsp3) is 0. The summed E-state index contributed by atoms with van der Waals surface area (Å²) in [5.41, 5.74) is 3.18. The van der Waals surface area contributed by atoms with Crippen LogP contribution >= 0.6 is 7.26 Å². The Kier molecular flexibility index (Phi) is 3.87. The SMILES string of the molecule is C#C[P+](c1ccccc1)(c1ccccc1)c1ccccc1. The highest BCUT2D eigenvalue weighted by Gasteiger charge is 2.44. The van der Waals surface area contributed by atoms with E-state index >= 15 is 0 Å². The van der Waals surface area contributed by atoms with Crippen molar-refractivity contribution in [2.45, 2.75) is 0 Å². The Morgan fingerprint density at radius 3 is 1.05 bits per heavy atom. The van der Waals surface area contributed by atoms with Gasteiger partial charge in [0.1, 0.15) is 15.9 Å². The van der Waals surface area contributed by atoms with Gasteiger partial charge in [-0.3, -0.25) is 0 Å². The first-order chi connectivity index (χ1) is 10.4. The van der Waals surface area contributed by atoms with Gasteiger partial charge >= 0.3 is 0 Å². The predicted molar refractivity (Wildman–Crippen MR) is 94.0 cm³/mol. The first kappa shape index (κ1) is 13.6. The summed E-state index contributed by atoms with van der Waals surface area (Å²) >= 11 is 0. The maximum atomic E-state index is 6.10. The summed E-state index contributed by atoms with van der Waals surface area (Å²) < 4.78 is 0. The lowest BCUT2D eigenvalue weighted by molar-refractivity contribution is 1.73. The highest BCUT2D eigenvalue weighted by atomic mass is 31.2. The molecule has 0 spiro atoms. The van der Waals surface area contributed by atoms with Crippen molar-refractivity contribution in [3.8, 4) is 12.1 Å². The van der Waals surface area contributed by atoms with Gasteiger partial charge < -0.3 is 0 Å². The summed E-state index contributed by atoms with van der Waals surface area (Å²) in [7, 11) is -2.01. The minimum atomic E-state index is -2.01. The van der Waals surface area contributed by atoms with Gasteiger partial charge in [-0.2, -0.15) is 0 Å². The molecule has 0 aromatic heterocycles. The standard InChI is InChI=1S/C20H16P/c1-2-21(18-12-6-3-7-13-18,19-14-8-4-9-15-19)20-16-10-5-11-17-20/h1,3-17H/q+1. The molecule has 1 heteroatoms. The van der Waals surface area contributed by atoms with E-state index in [9.17, 15) is 0 Å². The molecule has 0 atom stereocenters. The highest BCUT2D eigenvalue weighted by Crippen LogP contribution is 2.53. The van der Waals surface area contributed by atoms with E-state index < -0.39 is 7.26 Å². The van der Waals surface area contributed by atoms with Gasteiger partial charge in [-0.05, 0) is 36.4 Å². The molecule has 0 N–H and O–H groups in total. The van der Waals surface area contributed by atoms with E-state index in [1.807, 2.05) is 18.2 Å². The van der Waals surface area contributed by atoms with Gasteiger partial charge in [0.15, 0.2) is 7.26 Å². The molecule has 3 aromatic carbocycles. The van der Waals surface area contributed by atoms with Crippen molar-refractivity contribution in [3.63, 3.8) is 0 Å². The molecule has 0 aliphatic rings. The molecule has 0 saturated heterocycles. The number of rotatable bonds is 3. The maximum absolute atomic E-state index is 6.10. The van der Waals surface area contributed by atoms with E-state index in [1.54, 1.807) is 0 Å². The van der Waals surface area contributed by atoms with Crippen LogP contribution in [0.2, 0.25) is 0 Å². The van der Waals surface area contributed by atoms with Crippen LogP contribution in [0.15, 0.2) is 91.0 Å². The van der Waals surface area contributed by atoms with Crippen LogP contribution in [0.3, 0.4) is 0 Å². The predicted octanol–water partition coefficient (Wildman–Crippen LogP) is 3.57. The lowest BCUT2D eigenvalue weighted by atomic mass is 10.4. The third kappa shape index (κ3) is 2.38.